The lowest BCUT2D eigenvalue weighted by Crippen LogP contribution is -1.99. The Morgan fingerprint density at radius 3 is 2.72 bits per heavy atom. The monoisotopic (exact) mass is 309 g/mol. The molecule has 0 unspecified atom stereocenters. The van der Waals surface area contributed by atoms with E-state index in [0.717, 1.165) is 21.7 Å². The van der Waals surface area contributed by atoms with Crippen LogP contribution in [0.15, 0.2) is 33.3 Å². The van der Waals surface area contributed by atoms with Crippen LogP contribution in [-0.2, 0) is 6.61 Å². The van der Waals surface area contributed by atoms with Gasteiger partial charge in [0.25, 0.3) is 0 Å². The van der Waals surface area contributed by atoms with E-state index in [1.54, 1.807) is 0 Å². The highest BCUT2D eigenvalue weighted by Crippen LogP contribution is 2.30. The van der Waals surface area contributed by atoms with Gasteiger partial charge in [-0.2, -0.15) is 0 Å². The molecule has 0 saturated heterocycles. The average Bonchev–Trinajstić information content (AvgIpc) is 2.73. The first-order valence-electron chi connectivity index (χ1n) is 5.90. The Morgan fingerprint density at radius 1 is 1.33 bits per heavy atom. The summed E-state index contributed by atoms with van der Waals surface area (Å²) in [6, 6.07) is 7.93. The van der Waals surface area contributed by atoms with Crippen molar-refractivity contribution in [3.8, 4) is 5.75 Å². The normalized spacial score (nSPS) is 10.9. The fourth-order valence-electron chi connectivity index (χ4n) is 1.74. The smallest absolute Gasteiger partial charge is 0.174 e. The summed E-state index contributed by atoms with van der Waals surface area (Å²) in [5.41, 5.74) is 2.05. The average molecular weight is 310 g/mol. The highest BCUT2D eigenvalue weighted by atomic mass is 79.9. The molecule has 0 fully saturated rings. The summed E-state index contributed by atoms with van der Waals surface area (Å²) in [6.07, 6.45) is 0. The molecule has 0 saturated carbocycles. The zero-order valence-electron chi connectivity index (χ0n) is 10.7. The lowest BCUT2D eigenvalue weighted by molar-refractivity contribution is 0.246. The first-order valence-corrected chi connectivity index (χ1v) is 6.70. The van der Waals surface area contributed by atoms with Gasteiger partial charge in [-0.15, -0.1) is 0 Å². The van der Waals surface area contributed by atoms with E-state index in [9.17, 15) is 0 Å². The molecule has 0 bridgehead atoms. The molecule has 0 radical (unpaired) electrons. The first-order chi connectivity index (χ1) is 8.56. The van der Waals surface area contributed by atoms with Gasteiger partial charge in [-0.3, -0.25) is 0 Å². The molecule has 1 aromatic heterocycles. The summed E-state index contributed by atoms with van der Waals surface area (Å²) < 4.78 is 12.0. The fourth-order valence-corrected chi connectivity index (χ4v) is 2.11. The molecule has 0 aliphatic rings. The van der Waals surface area contributed by atoms with Gasteiger partial charge in [-0.1, -0.05) is 34.9 Å². The molecule has 0 aliphatic heterocycles. The van der Waals surface area contributed by atoms with Gasteiger partial charge < -0.3 is 9.26 Å². The van der Waals surface area contributed by atoms with Crippen molar-refractivity contribution >= 4 is 15.9 Å². The van der Waals surface area contributed by atoms with Gasteiger partial charge in [0.1, 0.15) is 12.4 Å². The van der Waals surface area contributed by atoms with Crippen molar-refractivity contribution in [2.75, 3.05) is 0 Å². The van der Waals surface area contributed by atoms with Crippen LogP contribution in [0.3, 0.4) is 0 Å². The van der Waals surface area contributed by atoms with Gasteiger partial charge in [-0.05, 0) is 36.6 Å². The predicted molar refractivity (Wildman–Crippen MR) is 73.8 cm³/mol. The number of aryl methyl sites for hydroxylation is 1. The van der Waals surface area contributed by atoms with Gasteiger partial charge >= 0.3 is 0 Å². The third-order valence-electron chi connectivity index (χ3n) is 2.64. The molecule has 2 aromatic rings. The van der Waals surface area contributed by atoms with Crippen LogP contribution in [0.25, 0.3) is 0 Å². The summed E-state index contributed by atoms with van der Waals surface area (Å²) in [6.45, 7) is 6.59. The van der Waals surface area contributed by atoms with Crippen LogP contribution in [0.5, 0.6) is 5.75 Å². The third kappa shape index (κ3) is 3.13. The predicted octanol–water partition coefficient (Wildman–Crippen LogP) is 4.45. The van der Waals surface area contributed by atoms with Gasteiger partial charge in [0.2, 0.25) is 0 Å². The van der Waals surface area contributed by atoms with E-state index < -0.39 is 0 Å². The zero-order chi connectivity index (χ0) is 13.1. The number of halogens is 1. The SMILES string of the molecule is Cc1cc(COc2ccc(Br)cc2C(C)C)on1. The molecule has 2 rings (SSSR count). The minimum Gasteiger partial charge on any atom is -0.485 e. The summed E-state index contributed by atoms with van der Waals surface area (Å²) in [4.78, 5) is 0. The maximum absolute atomic E-state index is 5.80. The van der Waals surface area contributed by atoms with Crippen LogP contribution in [0.1, 0.15) is 36.8 Å². The molecule has 0 amide bonds. The van der Waals surface area contributed by atoms with E-state index in [4.69, 9.17) is 9.26 Å². The Kier molecular flexibility index (Phi) is 4.07. The second kappa shape index (κ2) is 5.57. The molecule has 4 heteroatoms. The maximum Gasteiger partial charge on any atom is 0.174 e. The molecule has 3 nitrogen and oxygen atoms in total. The molecule has 0 spiro atoms. The van der Waals surface area contributed by atoms with Crippen LogP contribution >= 0.6 is 15.9 Å². The van der Waals surface area contributed by atoms with Crippen molar-refractivity contribution in [2.24, 2.45) is 0 Å². The number of ether oxygens (including phenoxy) is 1. The van der Waals surface area contributed by atoms with E-state index in [1.165, 1.54) is 5.56 Å². The topological polar surface area (TPSA) is 35.3 Å². The Hall–Kier alpha value is -1.29. The van der Waals surface area contributed by atoms with Gasteiger partial charge in [0.15, 0.2) is 5.76 Å². The van der Waals surface area contributed by atoms with Crippen LogP contribution in [0.2, 0.25) is 0 Å². The Bertz CT molecular complexity index is 534. The molecule has 18 heavy (non-hydrogen) atoms. The Balaban J connectivity index is 2.13. The standard InChI is InChI=1S/C14H16BrNO2/c1-9(2)13-7-11(15)4-5-14(13)17-8-12-6-10(3)16-18-12/h4-7,9H,8H2,1-3H3. The van der Waals surface area contributed by atoms with Gasteiger partial charge in [0.05, 0.1) is 5.69 Å². The third-order valence-corrected chi connectivity index (χ3v) is 3.13. The maximum atomic E-state index is 5.80. The largest absolute Gasteiger partial charge is 0.485 e. The molecular weight excluding hydrogens is 294 g/mol. The van der Waals surface area contributed by atoms with E-state index in [0.29, 0.717) is 12.5 Å². The number of nitrogens with zero attached hydrogens (tertiary/aromatic N) is 1. The minimum atomic E-state index is 0.405. The summed E-state index contributed by atoms with van der Waals surface area (Å²) in [7, 11) is 0. The lowest BCUT2D eigenvalue weighted by atomic mass is 10.0. The zero-order valence-corrected chi connectivity index (χ0v) is 12.3. The Morgan fingerprint density at radius 2 is 2.11 bits per heavy atom. The van der Waals surface area contributed by atoms with Crippen molar-refractivity contribution in [3.63, 3.8) is 0 Å². The van der Waals surface area contributed by atoms with E-state index in [-0.39, 0.29) is 0 Å². The molecule has 0 N–H and O–H groups in total. The fraction of sp³-hybridized carbons (Fsp3) is 0.357. The van der Waals surface area contributed by atoms with Crippen molar-refractivity contribution < 1.29 is 9.26 Å². The van der Waals surface area contributed by atoms with Gasteiger partial charge in [-0.25, -0.2) is 0 Å². The number of rotatable bonds is 4. The summed E-state index contributed by atoms with van der Waals surface area (Å²) >= 11 is 3.48. The number of benzene rings is 1. The van der Waals surface area contributed by atoms with Crippen LogP contribution in [0, 0.1) is 6.92 Å². The molecule has 0 atom stereocenters. The minimum absolute atomic E-state index is 0.405. The van der Waals surface area contributed by atoms with E-state index >= 15 is 0 Å². The Labute approximate surface area is 115 Å². The van der Waals surface area contributed by atoms with Crippen LogP contribution in [0.4, 0.5) is 0 Å². The quantitative estimate of drug-likeness (QED) is 0.837. The second-order valence-corrected chi connectivity index (χ2v) is 5.48. The van der Waals surface area contributed by atoms with Crippen molar-refractivity contribution in [2.45, 2.75) is 33.3 Å². The first kappa shape index (κ1) is 13.1. The van der Waals surface area contributed by atoms with E-state index in [1.807, 2.05) is 25.1 Å². The lowest BCUT2D eigenvalue weighted by Gasteiger charge is -2.13. The van der Waals surface area contributed by atoms with Crippen LogP contribution in [-0.4, -0.2) is 5.16 Å². The summed E-state index contributed by atoms with van der Waals surface area (Å²) in [5, 5.41) is 3.84. The molecular formula is C14H16BrNO2. The van der Waals surface area contributed by atoms with Crippen molar-refractivity contribution in [1.82, 2.24) is 5.16 Å². The number of hydrogen-bond acceptors (Lipinski definition) is 3. The van der Waals surface area contributed by atoms with E-state index in [2.05, 4.69) is 41.0 Å². The highest BCUT2D eigenvalue weighted by molar-refractivity contribution is 9.10. The number of aromatic nitrogens is 1. The highest BCUT2D eigenvalue weighted by Gasteiger charge is 2.10. The second-order valence-electron chi connectivity index (χ2n) is 4.56. The van der Waals surface area contributed by atoms with Crippen molar-refractivity contribution in [3.05, 3.63) is 45.8 Å². The summed E-state index contributed by atoms with van der Waals surface area (Å²) in [5.74, 6) is 2.04. The molecule has 1 heterocycles. The molecule has 0 aliphatic carbocycles. The molecule has 96 valence electrons. The molecule has 1 aromatic carbocycles. The van der Waals surface area contributed by atoms with Crippen molar-refractivity contribution in [1.29, 1.82) is 0 Å². The number of hydrogen-bond donors (Lipinski definition) is 0. The van der Waals surface area contributed by atoms with Crippen LogP contribution < -0.4 is 4.74 Å². The van der Waals surface area contributed by atoms with Gasteiger partial charge in [0, 0.05) is 10.5 Å².